The third kappa shape index (κ3) is 2.26. The SMILES string of the molecule is c1ccc(CN2CCOc3ccc(C4CC4)cc32)cc1. The van der Waals surface area contributed by atoms with Crippen molar-refractivity contribution in [2.75, 3.05) is 18.1 Å². The molecule has 0 bridgehead atoms. The number of nitrogens with zero attached hydrogens (tertiary/aromatic N) is 1. The molecular weight excluding hydrogens is 246 g/mol. The van der Waals surface area contributed by atoms with Gasteiger partial charge in [-0.15, -0.1) is 0 Å². The summed E-state index contributed by atoms with van der Waals surface area (Å²) in [6.45, 7) is 2.71. The highest BCUT2D eigenvalue weighted by molar-refractivity contribution is 5.62. The second-order valence-corrected chi connectivity index (χ2v) is 5.76. The molecule has 20 heavy (non-hydrogen) atoms. The van der Waals surface area contributed by atoms with Gasteiger partial charge in [0, 0.05) is 6.54 Å². The Morgan fingerprint density at radius 3 is 2.70 bits per heavy atom. The number of ether oxygens (including phenoxy) is 1. The summed E-state index contributed by atoms with van der Waals surface area (Å²) >= 11 is 0. The highest BCUT2D eigenvalue weighted by atomic mass is 16.5. The molecule has 2 aliphatic rings. The molecule has 0 amide bonds. The van der Waals surface area contributed by atoms with E-state index >= 15 is 0 Å². The Kier molecular flexibility index (Phi) is 2.87. The highest BCUT2D eigenvalue weighted by Gasteiger charge is 2.26. The lowest BCUT2D eigenvalue weighted by molar-refractivity contribution is 0.307. The molecule has 1 fully saturated rings. The maximum Gasteiger partial charge on any atom is 0.142 e. The lowest BCUT2D eigenvalue weighted by Gasteiger charge is -2.31. The zero-order valence-corrected chi connectivity index (χ0v) is 11.6. The van der Waals surface area contributed by atoms with Crippen LogP contribution in [0.25, 0.3) is 0 Å². The summed E-state index contributed by atoms with van der Waals surface area (Å²) in [5, 5.41) is 0. The maximum absolute atomic E-state index is 5.80. The van der Waals surface area contributed by atoms with E-state index in [-0.39, 0.29) is 0 Å². The van der Waals surface area contributed by atoms with E-state index < -0.39 is 0 Å². The Labute approximate surface area is 120 Å². The van der Waals surface area contributed by atoms with Crippen LogP contribution in [0.5, 0.6) is 5.75 Å². The van der Waals surface area contributed by atoms with Gasteiger partial charge in [0.15, 0.2) is 0 Å². The van der Waals surface area contributed by atoms with Gasteiger partial charge >= 0.3 is 0 Å². The first kappa shape index (κ1) is 11.8. The van der Waals surface area contributed by atoms with Gasteiger partial charge in [0.25, 0.3) is 0 Å². The smallest absolute Gasteiger partial charge is 0.142 e. The molecule has 0 saturated heterocycles. The number of benzene rings is 2. The second kappa shape index (κ2) is 4.86. The Morgan fingerprint density at radius 2 is 1.90 bits per heavy atom. The normalized spacial score (nSPS) is 17.5. The van der Waals surface area contributed by atoms with E-state index in [4.69, 9.17) is 4.74 Å². The van der Waals surface area contributed by atoms with E-state index in [1.807, 2.05) is 0 Å². The van der Waals surface area contributed by atoms with Crippen LogP contribution in [0.1, 0.15) is 29.9 Å². The average molecular weight is 265 g/mol. The number of rotatable bonds is 3. The summed E-state index contributed by atoms with van der Waals surface area (Å²) in [6.07, 6.45) is 2.69. The number of hydrogen-bond acceptors (Lipinski definition) is 2. The van der Waals surface area contributed by atoms with Gasteiger partial charge in [-0.2, -0.15) is 0 Å². The molecule has 1 aliphatic carbocycles. The van der Waals surface area contributed by atoms with Crippen LogP contribution in [-0.2, 0) is 6.54 Å². The standard InChI is InChI=1S/C18H19NO/c1-2-4-14(5-3-1)13-19-10-11-20-18-9-8-16(12-17(18)19)15-6-7-15/h1-5,8-9,12,15H,6-7,10-11,13H2. The van der Waals surface area contributed by atoms with E-state index in [2.05, 4.69) is 53.4 Å². The maximum atomic E-state index is 5.80. The number of fused-ring (bicyclic) bond motifs is 1. The van der Waals surface area contributed by atoms with Crippen LogP contribution in [0, 0.1) is 0 Å². The largest absolute Gasteiger partial charge is 0.490 e. The van der Waals surface area contributed by atoms with Crippen molar-refractivity contribution < 1.29 is 4.74 Å². The zero-order valence-electron chi connectivity index (χ0n) is 11.6. The highest BCUT2D eigenvalue weighted by Crippen LogP contribution is 2.43. The van der Waals surface area contributed by atoms with E-state index in [0.29, 0.717) is 0 Å². The molecule has 0 N–H and O–H groups in total. The summed E-state index contributed by atoms with van der Waals surface area (Å²) in [7, 11) is 0. The van der Waals surface area contributed by atoms with Crippen molar-refractivity contribution in [3.8, 4) is 5.75 Å². The summed E-state index contributed by atoms with van der Waals surface area (Å²) in [4.78, 5) is 2.44. The predicted molar refractivity (Wildman–Crippen MR) is 81.4 cm³/mol. The lowest BCUT2D eigenvalue weighted by atomic mass is 10.1. The molecule has 0 atom stereocenters. The van der Waals surface area contributed by atoms with Crippen LogP contribution in [0.3, 0.4) is 0 Å². The van der Waals surface area contributed by atoms with E-state index in [0.717, 1.165) is 31.4 Å². The van der Waals surface area contributed by atoms with Gasteiger partial charge in [-0.05, 0) is 42.0 Å². The summed E-state index contributed by atoms with van der Waals surface area (Å²) in [6, 6.07) is 17.4. The molecule has 1 heterocycles. The van der Waals surface area contributed by atoms with Crippen molar-refractivity contribution >= 4 is 5.69 Å². The van der Waals surface area contributed by atoms with E-state index in [9.17, 15) is 0 Å². The first-order valence-corrected chi connectivity index (χ1v) is 7.46. The quantitative estimate of drug-likeness (QED) is 0.832. The first-order valence-electron chi connectivity index (χ1n) is 7.46. The molecule has 2 aromatic rings. The van der Waals surface area contributed by atoms with Crippen LogP contribution in [0.4, 0.5) is 5.69 Å². The van der Waals surface area contributed by atoms with Crippen LogP contribution in [0.15, 0.2) is 48.5 Å². The molecule has 2 aromatic carbocycles. The molecular formula is C18H19NO. The Morgan fingerprint density at radius 1 is 1.05 bits per heavy atom. The first-order chi connectivity index (χ1) is 9.90. The summed E-state index contributed by atoms with van der Waals surface area (Å²) in [5.41, 5.74) is 4.11. The van der Waals surface area contributed by atoms with Crippen LogP contribution < -0.4 is 9.64 Å². The molecule has 102 valence electrons. The van der Waals surface area contributed by atoms with E-state index in [1.54, 1.807) is 0 Å². The van der Waals surface area contributed by atoms with Crippen LogP contribution in [0.2, 0.25) is 0 Å². The Hall–Kier alpha value is -1.96. The fraction of sp³-hybridized carbons (Fsp3) is 0.333. The Balaban J connectivity index is 1.64. The topological polar surface area (TPSA) is 12.5 Å². The molecule has 1 saturated carbocycles. The van der Waals surface area contributed by atoms with Crippen molar-refractivity contribution in [3.05, 3.63) is 59.7 Å². The van der Waals surface area contributed by atoms with Crippen molar-refractivity contribution in [2.24, 2.45) is 0 Å². The third-order valence-electron chi connectivity index (χ3n) is 4.21. The summed E-state index contributed by atoms with van der Waals surface area (Å²) in [5.74, 6) is 1.83. The van der Waals surface area contributed by atoms with Gasteiger partial charge in [0.1, 0.15) is 12.4 Å². The minimum absolute atomic E-state index is 0.780. The van der Waals surface area contributed by atoms with Gasteiger partial charge in [-0.3, -0.25) is 0 Å². The van der Waals surface area contributed by atoms with Gasteiger partial charge in [-0.1, -0.05) is 36.4 Å². The predicted octanol–water partition coefficient (Wildman–Crippen LogP) is 3.96. The molecule has 1 aliphatic heterocycles. The van der Waals surface area contributed by atoms with Gasteiger partial charge in [0.05, 0.1) is 12.2 Å². The second-order valence-electron chi connectivity index (χ2n) is 5.76. The van der Waals surface area contributed by atoms with Crippen molar-refractivity contribution in [1.82, 2.24) is 0 Å². The summed E-state index contributed by atoms with van der Waals surface area (Å²) < 4.78 is 5.80. The lowest BCUT2D eigenvalue weighted by Crippen LogP contribution is -2.32. The fourth-order valence-electron chi connectivity index (χ4n) is 2.93. The van der Waals surface area contributed by atoms with Crippen LogP contribution in [-0.4, -0.2) is 13.2 Å². The molecule has 2 heteroatoms. The zero-order chi connectivity index (χ0) is 13.4. The van der Waals surface area contributed by atoms with Gasteiger partial charge < -0.3 is 9.64 Å². The fourth-order valence-corrected chi connectivity index (χ4v) is 2.93. The molecule has 0 spiro atoms. The monoisotopic (exact) mass is 265 g/mol. The molecule has 0 aromatic heterocycles. The van der Waals surface area contributed by atoms with Gasteiger partial charge in [0.2, 0.25) is 0 Å². The molecule has 0 radical (unpaired) electrons. The van der Waals surface area contributed by atoms with Crippen LogP contribution >= 0.6 is 0 Å². The molecule has 0 unspecified atom stereocenters. The minimum atomic E-state index is 0.780. The van der Waals surface area contributed by atoms with Crippen molar-refractivity contribution in [2.45, 2.75) is 25.3 Å². The number of hydrogen-bond donors (Lipinski definition) is 0. The van der Waals surface area contributed by atoms with Gasteiger partial charge in [-0.25, -0.2) is 0 Å². The minimum Gasteiger partial charge on any atom is -0.490 e. The Bertz CT molecular complexity index is 604. The van der Waals surface area contributed by atoms with Crippen molar-refractivity contribution in [3.63, 3.8) is 0 Å². The molecule has 2 nitrogen and oxygen atoms in total. The van der Waals surface area contributed by atoms with E-state index in [1.165, 1.54) is 29.7 Å². The molecule has 4 rings (SSSR count). The number of anilines is 1. The van der Waals surface area contributed by atoms with Crippen molar-refractivity contribution in [1.29, 1.82) is 0 Å². The average Bonchev–Trinajstić information content (AvgIpc) is 3.33. The third-order valence-corrected chi connectivity index (χ3v) is 4.21.